The lowest BCUT2D eigenvalue weighted by Crippen LogP contribution is -2.69. The summed E-state index contributed by atoms with van der Waals surface area (Å²) in [6.07, 6.45) is 3.79. The van der Waals surface area contributed by atoms with E-state index in [9.17, 15) is 15.0 Å². The second kappa shape index (κ2) is 4.23. The van der Waals surface area contributed by atoms with Gasteiger partial charge in [0.05, 0.1) is 16.6 Å². The highest BCUT2D eigenvalue weighted by Gasteiger charge is 2.66. The molecule has 4 saturated carbocycles. The van der Waals surface area contributed by atoms with Crippen LogP contribution in [0.5, 0.6) is 0 Å². The maximum atomic E-state index is 12.5. The first kappa shape index (κ1) is 15.3. The van der Waals surface area contributed by atoms with E-state index in [2.05, 4.69) is 0 Å². The molecule has 0 radical (unpaired) electrons. The lowest BCUT2D eigenvalue weighted by molar-refractivity contribution is -0.275. The van der Waals surface area contributed by atoms with Crippen LogP contribution in [-0.4, -0.2) is 33.0 Å². The van der Waals surface area contributed by atoms with Gasteiger partial charge in [-0.25, -0.2) is 0 Å². The Morgan fingerprint density at radius 3 is 1.95 bits per heavy atom. The summed E-state index contributed by atoms with van der Waals surface area (Å²) in [4.78, 5) is 12.5. The number of rotatable bonds is 3. The predicted octanol–water partition coefficient (Wildman–Crippen LogP) is 2.41. The summed E-state index contributed by atoms with van der Waals surface area (Å²) in [5, 5.41) is 21.3. The summed E-state index contributed by atoms with van der Waals surface area (Å²) in [7, 11) is 0. The Bertz CT molecular complexity index is 431. The maximum Gasteiger partial charge on any atom is 0.312 e. The number of carbonyl (C=O) groups is 1. The Balaban J connectivity index is 1.85. The third-order valence-corrected chi connectivity index (χ3v) is 6.53. The summed E-state index contributed by atoms with van der Waals surface area (Å²) < 4.78 is 6.00. The third-order valence-electron chi connectivity index (χ3n) is 6.53. The molecule has 0 heterocycles. The van der Waals surface area contributed by atoms with Gasteiger partial charge < -0.3 is 14.9 Å². The molecular formula is C17H28O4. The van der Waals surface area contributed by atoms with E-state index in [0.29, 0.717) is 32.1 Å². The molecule has 4 bridgehead atoms. The standard InChI is InChI=1S/C17H28O4/c1-5-14(2,3)13(18)21-15(4)11-6-16(19)8-12(15)9-17(20,7-11)10-16/h11-12,19-20H,5-10H2,1-4H3. The molecule has 120 valence electrons. The normalized spacial score (nSPS) is 48.5. The Hall–Kier alpha value is -0.610. The van der Waals surface area contributed by atoms with Gasteiger partial charge in [0.15, 0.2) is 0 Å². The molecule has 0 spiro atoms. The minimum absolute atomic E-state index is 0.0605. The van der Waals surface area contributed by atoms with Crippen LogP contribution in [0.3, 0.4) is 0 Å². The lowest BCUT2D eigenvalue weighted by Gasteiger charge is -2.64. The van der Waals surface area contributed by atoms with Crippen molar-refractivity contribution in [2.24, 2.45) is 17.3 Å². The summed E-state index contributed by atoms with van der Waals surface area (Å²) in [6.45, 7) is 7.83. The monoisotopic (exact) mass is 296 g/mol. The molecule has 4 fully saturated rings. The molecule has 0 aliphatic heterocycles. The van der Waals surface area contributed by atoms with E-state index in [-0.39, 0.29) is 17.8 Å². The third kappa shape index (κ3) is 2.22. The van der Waals surface area contributed by atoms with Gasteiger partial charge in [-0.1, -0.05) is 6.92 Å². The Morgan fingerprint density at radius 2 is 1.57 bits per heavy atom. The molecule has 0 atom stereocenters. The summed E-state index contributed by atoms with van der Waals surface area (Å²) >= 11 is 0. The van der Waals surface area contributed by atoms with E-state index in [1.807, 2.05) is 27.7 Å². The molecule has 21 heavy (non-hydrogen) atoms. The van der Waals surface area contributed by atoms with Crippen LogP contribution in [-0.2, 0) is 9.53 Å². The fraction of sp³-hybridized carbons (Fsp3) is 0.941. The number of carbonyl (C=O) groups excluding carboxylic acids is 1. The van der Waals surface area contributed by atoms with Crippen molar-refractivity contribution in [1.29, 1.82) is 0 Å². The average Bonchev–Trinajstić information content (AvgIpc) is 2.33. The SMILES string of the molecule is CCC(C)(C)C(=O)OC1(C)C2CC3(O)CC1CC(O)(C2)C3. The zero-order chi connectivity index (χ0) is 15.7. The molecule has 4 heteroatoms. The molecule has 4 aliphatic carbocycles. The number of ether oxygens (including phenoxy) is 1. The van der Waals surface area contributed by atoms with Crippen molar-refractivity contribution >= 4 is 5.97 Å². The molecule has 0 unspecified atom stereocenters. The number of hydrogen-bond acceptors (Lipinski definition) is 4. The van der Waals surface area contributed by atoms with Gasteiger partial charge in [-0.05, 0) is 52.9 Å². The van der Waals surface area contributed by atoms with Crippen LogP contribution in [0.2, 0.25) is 0 Å². The summed E-state index contributed by atoms with van der Waals surface area (Å²) in [5.41, 5.74) is -2.53. The Kier molecular flexibility index (Phi) is 3.08. The van der Waals surface area contributed by atoms with Crippen LogP contribution in [0.1, 0.15) is 66.2 Å². The number of hydrogen-bond donors (Lipinski definition) is 2. The molecular weight excluding hydrogens is 268 g/mol. The highest BCUT2D eigenvalue weighted by atomic mass is 16.6. The number of aliphatic hydroxyl groups is 2. The first-order valence-corrected chi connectivity index (χ1v) is 8.20. The number of esters is 1. The molecule has 0 amide bonds. The van der Waals surface area contributed by atoms with Crippen molar-refractivity contribution < 1.29 is 19.7 Å². The molecule has 4 nitrogen and oxygen atoms in total. The van der Waals surface area contributed by atoms with Crippen LogP contribution in [0, 0.1) is 17.3 Å². The van der Waals surface area contributed by atoms with Gasteiger partial charge in [-0.2, -0.15) is 0 Å². The van der Waals surface area contributed by atoms with E-state index >= 15 is 0 Å². The highest BCUT2D eigenvalue weighted by Crippen LogP contribution is 2.62. The minimum Gasteiger partial charge on any atom is -0.458 e. The minimum atomic E-state index is -0.757. The van der Waals surface area contributed by atoms with Crippen molar-refractivity contribution in [2.75, 3.05) is 0 Å². The van der Waals surface area contributed by atoms with Gasteiger partial charge in [0.2, 0.25) is 0 Å². The van der Waals surface area contributed by atoms with Crippen molar-refractivity contribution in [3.63, 3.8) is 0 Å². The van der Waals surface area contributed by atoms with Crippen LogP contribution in [0.15, 0.2) is 0 Å². The molecule has 0 aromatic heterocycles. The zero-order valence-corrected chi connectivity index (χ0v) is 13.6. The fourth-order valence-electron chi connectivity index (χ4n) is 4.84. The fourth-order valence-corrected chi connectivity index (χ4v) is 4.84. The van der Waals surface area contributed by atoms with Gasteiger partial charge in [0.1, 0.15) is 5.60 Å². The predicted molar refractivity (Wildman–Crippen MR) is 78.5 cm³/mol. The second-order valence-corrected chi connectivity index (χ2v) is 8.65. The molecule has 2 N–H and O–H groups in total. The Morgan fingerprint density at radius 1 is 1.14 bits per heavy atom. The van der Waals surface area contributed by atoms with Crippen molar-refractivity contribution in [2.45, 2.75) is 83.0 Å². The van der Waals surface area contributed by atoms with E-state index in [4.69, 9.17) is 4.74 Å². The molecule has 0 aromatic carbocycles. The van der Waals surface area contributed by atoms with Crippen molar-refractivity contribution in [3.05, 3.63) is 0 Å². The van der Waals surface area contributed by atoms with E-state index < -0.39 is 22.2 Å². The van der Waals surface area contributed by atoms with Crippen LogP contribution in [0.4, 0.5) is 0 Å². The quantitative estimate of drug-likeness (QED) is 0.785. The van der Waals surface area contributed by atoms with E-state index in [1.165, 1.54) is 0 Å². The van der Waals surface area contributed by atoms with Gasteiger partial charge in [-0.3, -0.25) is 4.79 Å². The van der Waals surface area contributed by atoms with Gasteiger partial charge in [0, 0.05) is 18.3 Å². The van der Waals surface area contributed by atoms with E-state index in [0.717, 1.165) is 6.42 Å². The van der Waals surface area contributed by atoms with Crippen molar-refractivity contribution in [1.82, 2.24) is 0 Å². The van der Waals surface area contributed by atoms with Crippen LogP contribution >= 0.6 is 0 Å². The first-order chi connectivity index (χ1) is 9.52. The maximum absolute atomic E-state index is 12.5. The summed E-state index contributed by atoms with van der Waals surface area (Å²) in [6, 6.07) is 0. The van der Waals surface area contributed by atoms with Gasteiger partial charge >= 0.3 is 5.97 Å². The average molecular weight is 296 g/mol. The topological polar surface area (TPSA) is 66.8 Å². The van der Waals surface area contributed by atoms with E-state index in [1.54, 1.807) is 0 Å². The van der Waals surface area contributed by atoms with Crippen LogP contribution in [0.25, 0.3) is 0 Å². The smallest absolute Gasteiger partial charge is 0.312 e. The molecule has 0 saturated heterocycles. The molecule has 0 aromatic rings. The zero-order valence-electron chi connectivity index (χ0n) is 13.6. The summed E-state index contributed by atoms with van der Waals surface area (Å²) in [5.74, 6) is -0.0327. The molecule has 4 aliphatic rings. The largest absolute Gasteiger partial charge is 0.458 e. The first-order valence-electron chi connectivity index (χ1n) is 8.20. The van der Waals surface area contributed by atoms with Crippen LogP contribution < -0.4 is 0 Å². The van der Waals surface area contributed by atoms with Gasteiger partial charge in [-0.15, -0.1) is 0 Å². The lowest BCUT2D eigenvalue weighted by atomic mass is 9.47. The van der Waals surface area contributed by atoms with Crippen molar-refractivity contribution in [3.8, 4) is 0 Å². The second-order valence-electron chi connectivity index (χ2n) is 8.65. The Labute approximate surface area is 126 Å². The molecule has 4 rings (SSSR count). The van der Waals surface area contributed by atoms with Gasteiger partial charge in [0.25, 0.3) is 0 Å². The highest BCUT2D eigenvalue weighted by molar-refractivity contribution is 5.76.